The maximum absolute atomic E-state index is 5.38. The van der Waals surface area contributed by atoms with E-state index in [1.165, 1.54) is 6.42 Å². The van der Waals surface area contributed by atoms with Crippen molar-refractivity contribution in [3.05, 3.63) is 0 Å². The normalized spacial score (nSPS) is 26.1. The SMILES string of the molecule is CCCNC(=S)NC1CCCC1OC. The summed E-state index contributed by atoms with van der Waals surface area (Å²) in [4.78, 5) is 0. The second kappa shape index (κ2) is 6.19. The van der Waals surface area contributed by atoms with Crippen molar-refractivity contribution in [2.75, 3.05) is 13.7 Å². The molecule has 0 aromatic carbocycles. The summed E-state index contributed by atoms with van der Waals surface area (Å²) in [7, 11) is 1.77. The van der Waals surface area contributed by atoms with E-state index in [4.69, 9.17) is 17.0 Å². The minimum Gasteiger partial charge on any atom is -0.379 e. The zero-order valence-electron chi connectivity index (χ0n) is 9.01. The molecular weight excluding hydrogens is 196 g/mol. The maximum Gasteiger partial charge on any atom is 0.166 e. The highest BCUT2D eigenvalue weighted by Crippen LogP contribution is 2.21. The molecule has 1 aliphatic rings. The number of methoxy groups -OCH3 is 1. The molecule has 0 amide bonds. The van der Waals surface area contributed by atoms with Gasteiger partial charge in [0.2, 0.25) is 0 Å². The molecule has 1 rings (SSSR count). The van der Waals surface area contributed by atoms with Crippen molar-refractivity contribution in [2.24, 2.45) is 0 Å². The van der Waals surface area contributed by atoms with Crippen molar-refractivity contribution < 1.29 is 4.74 Å². The number of ether oxygens (including phenoxy) is 1. The second-order valence-electron chi connectivity index (χ2n) is 3.71. The highest BCUT2D eigenvalue weighted by molar-refractivity contribution is 7.80. The standard InChI is InChI=1S/C10H20N2OS/c1-3-7-11-10(14)12-8-5-4-6-9(8)13-2/h8-9H,3-7H2,1-2H3,(H2,11,12,14). The van der Waals surface area contributed by atoms with Gasteiger partial charge in [-0.3, -0.25) is 0 Å². The zero-order valence-corrected chi connectivity index (χ0v) is 9.82. The summed E-state index contributed by atoms with van der Waals surface area (Å²) < 4.78 is 5.38. The average molecular weight is 216 g/mol. The minimum absolute atomic E-state index is 0.330. The van der Waals surface area contributed by atoms with Crippen LogP contribution < -0.4 is 10.6 Å². The van der Waals surface area contributed by atoms with E-state index in [1.807, 2.05) is 0 Å². The van der Waals surface area contributed by atoms with E-state index in [-0.39, 0.29) is 0 Å². The van der Waals surface area contributed by atoms with Gasteiger partial charge < -0.3 is 15.4 Å². The molecule has 0 radical (unpaired) electrons. The van der Waals surface area contributed by atoms with Crippen molar-refractivity contribution in [3.8, 4) is 0 Å². The van der Waals surface area contributed by atoms with Crippen LogP contribution in [-0.2, 0) is 4.74 Å². The summed E-state index contributed by atoms with van der Waals surface area (Å²) in [5.41, 5.74) is 0. The van der Waals surface area contributed by atoms with E-state index < -0.39 is 0 Å². The monoisotopic (exact) mass is 216 g/mol. The topological polar surface area (TPSA) is 33.3 Å². The Hall–Kier alpha value is -0.350. The van der Waals surface area contributed by atoms with Gasteiger partial charge in [0.05, 0.1) is 12.1 Å². The molecule has 82 valence electrons. The third kappa shape index (κ3) is 3.42. The Labute approximate surface area is 91.6 Å². The molecule has 0 bridgehead atoms. The fraction of sp³-hybridized carbons (Fsp3) is 0.900. The van der Waals surface area contributed by atoms with Crippen LogP contribution in [0.1, 0.15) is 32.6 Å². The Balaban J connectivity index is 2.25. The Bertz CT molecular complexity index is 187. The van der Waals surface area contributed by atoms with Gasteiger partial charge in [-0.15, -0.1) is 0 Å². The quantitative estimate of drug-likeness (QED) is 0.697. The van der Waals surface area contributed by atoms with Crippen LogP contribution in [0.25, 0.3) is 0 Å². The molecule has 2 unspecified atom stereocenters. The van der Waals surface area contributed by atoms with E-state index >= 15 is 0 Å². The molecule has 0 aromatic rings. The Morgan fingerprint density at radius 3 is 2.93 bits per heavy atom. The number of rotatable bonds is 4. The molecule has 1 fully saturated rings. The fourth-order valence-electron chi connectivity index (χ4n) is 1.83. The van der Waals surface area contributed by atoms with Crippen LogP contribution in [0.5, 0.6) is 0 Å². The van der Waals surface area contributed by atoms with Crippen LogP contribution in [0.4, 0.5) is 0 Å². The third-order valence-corrected chi connectivity index (χ3v) is 2.87. The van der Waals surface area contributed by atoms with Crippen LogP contribution in [0, 0.1) is 0 Å². The first-order valence-corrected chi connectivity index (χ1v) is 5.76. The summed E-state index contributed by atoms with van der Waals surface area (Å²) in [6.45, 7) is 3.07. The molecule has 0 saturated heterocycles. The highest BCUT2D eigenvalue weighted by Gasteiger charge is 2.27. The lowest BCUT2D eigenvalue weighted by molar-refractivity contribution is 0.0907. The van der Waals surface area contributed by atoms with Crippen molar-refractivity contribution in [1.82, 2.24) is 10.6 Å². The van der Waals surface area contributed by atoms with Crippen LogP contribution in [-0.4, -0.2) is 30.9 Å². The Morgan fingerprint density at radius 2 is 2.29 bits per heavy atom. The third-order valence-electron chi connectivity index (χ3n) is 2.61. The predicted octanol–water partition coefficient (Wildman–Crippen LogP) is 1.43. The lowest BCUT2D eigenvalue weighted by Gasteiger charge is -2.21. The van der Waals surface area contributed by atoms with E-state index in [9.17, 15) is 0 Å². The van der Waals surface area contributed by atoms with Crippen molar-refractivity contribution in [3.63, 3.8) is 0 Å². The summed E-state index contributed by atoms with van der Waals surface area (Å²) in [6.07, 6.45) is 4.96. The molecule has 4 heteroatoms. The van der Waals surface area contributed by atoms with Gasteiger partial charge in [-0.25, -0.2) is 0 Å². The molecule has 14 heavy (non-hydrogen) atoms. The number of hydrogen-bond donors (Lipinski definition) is 2. The first-order chi connectivity index (χ1) is 6.77. The lowest BCUT2D eigenvalue weighted by atomic mass is 10.2. The lowest BCUT2D eigenvalue weighted by Crippen LogP contribution is -2.45. The van der Waals surface area contributed by atoms with Crippen molar-refractivity contribution >= 4 is 17.3 Å². The molecule has 0 aliphatic heterocycles. The average Bonchev–Trinajstić information content (AvgIpc) is 2.62. The van der Waals surface area contributed by atoms with E-state index in [0.717, 1.165) is 30.9 Å². The largest absolute Gasteiger partial charge is 0.379 e. The Morgan fingerprint density at radius 1 is 1.50 bits per heavy atom. The molecule has 2 atom stereocenters. The molecule has 1 aliphatic carbocycles. The Kier molecular flexibility index (Phi) is 5.19. The van der Waals surface area contributed by atoms with Crippen molar-refractivity contribution in [1.29, 1.82) is 0 Å². The van der Waals surface area contributed by atoms with Gasteiger partial charge in [0.15, 0.2) is 5.11 Å². The van der Waals surface area contributed by atoms with Gasteiger partial charge in [0.1, 0.15) is 0 Å². The molecule has 2 N–H and O–H groups in total. The second-order valence-corrected chi connectivity index (χ2v) is 4.12. The predicted molar refractivity (Wildman–Crippen MR) is 62.5 cm³/mol. The molecular formula is C10H20N2OS. The fourth-order valence-corrected chi connectivity index (χ4v) is 2.08. The van der Waals surface area contributed by atoms with E-state index in [2.05, 4.69) is 17.6 Å². The summed E-state index contributed by atoms with van der Waals surface area (Å²) in [5, 5.41) is 7.24. The number of nitrogens with one attached hydrogen (secondary N) is 2. The van der Waals surface area contributed by atoms with Gasteiger partial charge in [0, 0.05) is 13.7 Å². The summed E-state index contributed by atoms with van der Waals surface area (Å²) in [6, 6.07) is 0.400. The number of hydrogen-bond acceptors (Lipinski definition) is 2. The van der Waals surface area contributed by atoms with Crippen LogP contribution in [0.2, 0.25) is 0 Å². The van der Waals surface area contributed by atoms with E-state index in [1.54, 1.807) is 7.11 Å². The van der Waals surface area contributed by atoms with Gasteiger partial charge >= 0.3 is 0 Å². The van der Waals surface area contributed by atoms with Crippen LogP contribution in [0.15, 0.2) is 0 Å². The van der Waals surface area contributed by atoms with Crippen LogP contribution in [0.3, 0.4) is 0 Å². The minimum atomic E-state index is 0.330. The smallest absolute Gasteiger partial charge is 0.166 e. The van der Waals surface area contributed by atoms with Crippen molar-refractivity contribution in [2.45, 2.75) is 44.8 Å². The highest BCUT2D eigenvalue weighted by atomic mass is 32.1. The summed E-state index contributed by atoms with van der Waals surface area (Å²) in [5.74, 6) is 0. The zero-order chi connectivity index (χ0) is 10.4. The molecule has 1 saturated carbocycles. The maximum atomic E-state index is 5.38. The summed E-state index contributed by atoms with van der Waals surface area (Å²) >= 11 is 5.18. The number of thiocarbonyl (C=S) groups is 1. The first-order valence-electron chi connectivity index (χ1n) is 5.35. The van der Waals surface area contributed by atoms with E-state index in [0.29, 0.717) is 12.1 Å². The van der Waals surface area contributed by atoms with Gasteiger partial charge in [-0.05, 0) is 37.9 Å². The molecule has 0 heterocycles. The molecule has 0 aromatic heterocycles. The first kappa shape index (κ1) is 11.7. The van der Waals surface area contributed by atoms with Gasteiger partial charge in [0.25, 0.3) is 0 Å². The molecule has 3 nitrogen and oxygen atoms in total. The van der Waals surface area contributed by atoms with Crippen LogP contribution >= 0.6 is 12.2 Å². The van der Waals surface area contributed by atoms with Gasteiger partial charge in [-0.2, -0.15) is 0 Å². The molecule has 0 spiro atoms. The van der Waals surface area contributed by atoms with Gasteiger partial charge in [-0.1, -0.05) is 6.92 Å².